The minimum absolute atomic E-state index is 0.118. The van der Waals surface area contributed by atoms with Gasteiger partial charge in [-0.3, -0.25) is 0 Å². The Labute approximate surface area is 114 Å². The van der Waals surface area contributed by atoms with Crippen LogP contribution < -0.4 is 4.90 Å². The van der Waals surface area contributed by atoms with Crippen LogP contribution in [0.3, 0.4) is 0 Å². The van der Waals surface area contributed by atoms with E-state index in [2.05, 4.69) is 27.1 Å². The summed E-state index contributed by atoms with van der Waals surface area (Å²) >= 11 is 1.65. The van der Waals surface area contributed by atoms with Crippen molar-refractivity contribution in [3.63, 3.8) is 0 Å². The normalized spacial score (nSPS) is 13.1. The standard InChI is InChI=1S/C12H15N5OS/c1-7-10-11(17(4)14-7)13-12(19-10)16(3)8(2)9-5-6-18-15-9/h5-6,8H,1-4H3/t8-/m0/s1. The van der Waals surface area contributed by atoms with E-state index in [-0.39, 0.29) is 6.04 Å². The van der Waals surface area contributed by atoms with Gasteiger partial charge in [-0.2, -0.15) is 5.10 Å². The van der Waals surface area contributed by atoms with E-state index in [4.69, 9.17) is 4.52 Å². The topological polar surface area (TPSA) is 60.0 Å². The van der Waals surface area contributed by atoms with Crippen molar-refractivity contribution in [3.8, 4) is 0 Å². The highest BCUT2D eigenvalue weighted by Gasteiger charge is 2.20. The summed E-state index contributed by atoms with van der Waals surface area (Å²) in [6, 6.07) is 1.99. The molecular formula is C12H15N5OS. The lowest BCUT2D eigenvalue weighted by Crippen LogP contribution is -2.21. The van der Waals surface area contributed by atoms with Gasteiger partial charge in [-0.15, -0.1) is 0 Å². The number of nitrogens with zero attached hydrogens (tertiary/aromatic N) is 5. The van der Waals surface area contributed by atoms with Crippen molar-refractivity contribution < 1.29 is 4.52 Å². The molecule has 1 atom stereocenters. The Bertz CT molecular complexity index is 665. The molecule has 6 nitrogen and oxygen atoms in total. The van der Waals surface area contributed by atoms with Gasteiger partial charge in [-0.1, -0.05) is 16.5 Å². The zero-order valence-electron chi connectivity index (χ0n) is 11.3. The van der Waals surface area contributed by atoms with Crippen LogP contribution in [0.2, 0.25) is 0 Å². The predicted molar refractivity (Wildman–Crippen MR) is 74.4 cm³/mol. The zero-order chi connectivity index (χ0) is 13.6. The van der Waals surface area contributed by atoms with E-state index in [1.54, 1.807) is 17.6 Å². The van der Waals surface area contributed by atoms with Crippen LogP contribution in [0, 0.1) is 6.92 Å². The lowest BCUT2D eigenvalue weighted by molar-refractivity contribution is 0.406. The van der Waals surface area contributed by atoms with Gasteiger partial charge >= 0.3 is 0 Å². The van der Waals surface area contributed by atoms with Gasteiger partial charge in [0.15, 0.2) is 10.8 Å². The van der Waals surface area contributed by atoms with Crippen LogP contribution in [-0.4, -0.2) is 27.0 Å². The molecule has 19 heavy (non-hydrogen) atoms. The van der Waals surface area contributed by atoms with Crippen molar-refractivity contribution in [2.75, 3.05) is 11.9 Å². The van der Waals surface area contributed by atoms with E-state index in [1.807, 2.05) is 31.8 Å². The van der Waals surface area contributed by atoms with E-state index in [1.165, 1.54) is 0 Å². The van der Waals surface area contributed by atoms with Gasteiger partial charge < -0.3 is 9.42 Å². The molecule has 3 rings (SSSR count). The van der Waals surface area contributed by atoms with Gasteiger partial charge in [0.05, 0.1) is 16.4 Å². The predicted octanol–water partition coefficient (Wildman–Crippen LogP) is 2.52. The fraction of sp³-hybridized carbons (Fsp3) is 0.417. The van der Waals surface area contributed by atoms with Crippen LogP contribution in [0.5, 0.6) is 0 Å². The molecule has 3 aromatic heterocycles. The van der Waals surface area contributed by atoms with Gasteiger partial charge in [-0.25, -0.2) is 9.67 Å². The van der Waals surface area contributed by atoms with E-state index >= 15 is 0 Å². The number of hydrogen-bond donors (Lipinski definition) is 0. The largest absolute Gasteiger partial charge is 0.364 e. The third kappa shape index (κ3) is 1.90. The van der Waals surface area contributed by atoms with Crippen molar-refractivity contribution >= 4 is 26.8 Å². The Morgan fingerprint density at radius 3 is 2.89 bits per heavy atom. The smallest absolute Gasteiger partial charge is 0.188 e. The summed E-state index contributed by atoms with van der Waals surface area (Å²) in [7, 11) is 3.93. The van der Waals surface area contributed by atoms with Gasteiger partial charge in [-0.05, 0) is 13.8 Å². The number of fused-ring (bicyclic) bond motifs is 1. The molecule has 100 valence electrons. The molecule has 0 unspecified atom stereocenters. The maximum Gasteiger partial charge on any atom is 0.188 e. The summed E-state index contributed by atoms with van der Waals surface area (Å²) in [5.41, 5.74) is 2.84. The number of rotatable bonds is 3. The van der Waals surface area contributed by atoms with E-state index in [9.17, 15) is 0 Å². The Kier molecular flexibility index (Phi) is 2.78. The second kappa shape index (κ2) is 4.34. The molecule has 0 aliphatic rings. The van der Waals surface area contributed by atoms with Crippen LogP contribution in [0.4, 0.5) is 5.13 Å². The van der Waals surface area contributed by atoms with Gasteiger partial charge in [0, 0.05) is 20.2 Å². The number of anilines is 1. The Balaban J connectivity index is 1.97. The van der Waals surface area contributed by atoms with Crippen LogP contribution in [0.25, 0.3) is 10.3 Å². The first-order chi connectivity index (χ1) is 9.08. The van der Waals surface area contributed by atoms with Crippen LogP contribution in [-0.2, 0) is 7.05 Å². The first kappa shape index (κ1) is 12.2. The third-order valence-corrected chi connectivity index (χ3v) is 4.55. The molecule has 7 heteroatoms. The lowest BCUT2D eigenvalue weighted by Gasteiger charge is -2.21. The summed E-state index contributed by atoms with van der Waals surface area (Å²) in [6.07, 6.45) is 1.59. The molecule has 0 N–H and O–H groups in total. The SMILES string of the molecule is Cc1nn(C)c2nc(N(C)[C@@H](C)c3ccon3)sc12. The molecule has 0 radical (unpaired) electrons. The Morgan fingerprint density at radius 2 is 2.26 bits per heavy atom. The van der Waals surface area contributed by atoms with E-state index in [0.29, 0.717) is 0 Å². The van der Waals surface area contributed by atoms with E-state index < -0.39 is 0 Å². The first-order valence-electron chi connectivity index (χ1n) is 6.01. The van der Waals surface area contributed by atoms with Gasteiger partial charge in [0.1, 0.15) is 12.0 Å². The second-order valence-electron chi connectivity index (χ2n) is 4.57. The van der Waals surface area contributed by atoms with Crippen molar-refractivity contribution in [2.24, 2.45) is 7.05 Å². The number of hydrogen-bond acceptors (Lipinski definition) is 6. The highest BCUT2D eigenvalue weighted by Crippen LogP contribution is 2.33. The van der Waals surface area contributed by atoms with Crippen molar-refractivity contribution in [3.05, 3.63) is 23.7 Å². The van der Waals surface area contributed by atoms with Crippen molar-refractivity contribution in [1.82, 2.24) is 19.9 Å². The minimum Gasteiger partial charge on any atom is -0.364 e. The maximum atomic E-state index is 4.90. The molecule has 0 saturated carbocycles. The first-order valence-corrected chi connectivity index (χ1v) is 6.83. The van der Waals surface area contributed by atoms with Crippen LogP contribution in [0.1, 0.15) is 24.4 Å². The molecule has 3 aromatic rings. The molecular weight excluding hydrogens is 262 g/mol. The number of aryl methyl sites for hydroxylation is 2. The molecule has 0 spiro atoms. The summed E-state index contributed by atoms with van der Waals surface area (Å²) in [4.78, 5) is 6.75. The quantitative estimate of drug-likeness (QED) is 0.736. The lowest BCUT2D eigenvalue weighted by atomic mass is 10.2. The molecule has 0 aliphatic heterocycles. The maximum absolute atomic E-state index is 4.90. The average molecular weight is 277 g/mol. The Hall–Kier alpha value is -1.89. The molecule has 0 aromatic carbocycles. The van der Waals surface area contributed by atoms with E-state index in [0.717, 1.165) is 26.9 Å². The highest BCUT2D eigenvalue weighted by molar-refractivity contribution is 7.22. The molecule has 0 amide bonds. The zero-order valence-corrected chi connectivity index (χ0v) is 12.1. The minimum atomic E-state index is 0.118. The monoisotopic (exact) mass is 277 g/mol. The highest BCUT2D eigenvalue weighted by atomic mass is 32.1. The molecule has 0 saturated heterocycles. The molecule has 0 bridgehead atoms. The third-order valence-electron chi connectivity index (χ3n) is 3.30. The molecule has 0 fully saturated rings. The van der Waals surface area contributed by atoms with Crippen molar-refractivity contribution in [1.29, 1.82) is 0 Å². The summed E-state index contributed by atoms with van der Waals surface area (Å²) < 4.78 is 7.85. The molecule has 3 heterocycles. The summed E-state index contributed by atoms with van der Waals surface area (Å²) in [6.45, 7) is 4.08. The number of thiazole rings is 1. The fourth-order valence-corrected chi connectivity index (χ4v) is 3.10. The van der Waals surface area contributed by atoms with Crippen LogP contribution in [0.15, 0.2) is 16.9 Å². The fourth-order valence-electron chi connectivity index (χ4n) is 2.03. The van der Waals surface area contributed by atoms with Gasteiger partial charge in [0.2, 0.25) is 0 Å². The van der Waals surface area contributed by atoms with Crippen molar-refractivity contribution in [2.45, 2.75) is 19.9 Å². The van der Waals surface area contributed by atoms with Gasteiger partial charge in [0.25, 0.3) is 0 Å². The van der Waals surface area contributed by atoms with Crippen LogP contribution >= 0.6 is 11.3 Å². The second-order valence-corrected chi connectivity index (χ2v) is 5.55. The average Bonchev–Trinajstić information content (AvgIpc) is 3.08. The number of aromatic nitrogens is 4. The Morgan fingerprint density at radius 1 is 1.47 bits per heavy atom. The summed E-state index contributed by atoms with van der Waals surface area (Å²) in [5.74, 6) is 0. The summed E-state index contributed by atoms with van der Waals surface area (Å²) in [5, 5.41) is 9.31. The molecule has 0 aliphatic carbocycles.